The zero-order chi connectivity index (χ0) is 21.8. The molecular weight excluding hydrogens is 461 g/mol. The van der Waals surface area contributed by atoms with Gasteiger partial charge >= 0.3 is 0 Å². The highest BCUT2D eigenvalue weighted by atomic mass is 32.2. The molecule has 160 valence electrons. The summed E-state index contributed by atoms with van der Waals surface area (Å²) < 4.78 is 2.61. The molecule has 0 bridgehead atoms. The van der Waals surface area contributed by atoms with E-state index in [-0.39, 0.29) is 0 Å². The second-order valence-corrected chi connectivity index (χ2v) is 11.9. The SMILES string of the molecule is c1csc(N2c3ccccc3[SH](N3c4ccccc4Sc4ccccc43)c3ccccc32)c1. The van der Waals surface area contributed by atoms with Crippen LogP contribution >= 0.6 is 34.2 Å². The first-order valence-electron chi connectivity index (χ1n) is 10.9. The molecule has 2 aliphatic heterocycles. The first kappa shape index (κ1) is 19.4. The van der Waals surface area contributed by atoms with Crippen LogP contribution in [0.3, 0.4) is 0 Å². The van der Waals surface area contributed by atoms with Gasteiger partial charge in [0.2, 0.25) is 0 Å². The van der Waals surface area contributed by atoms with Crippen LogP contribution in [0.2, 0.25) is 0 Å². The summed E-state index contributed by atoms with van der Waals surface area (Å²) in [7, 11) is 0. The summed E-state index contributed by atoms with van der Waals surface area (Å²) in [5.74, 6) is 0. The lowest BCUT2D eigenvalue weighted by Gasteiger charge is -2.46. The summed E-state index contributed by atoms with van der Waals surface area (Å²) in [6.07, 6.45) is 0. The Morgan fingerprint density at radius 2 is 1.03 bits per heavy atom. The van der Waals surface area contributed by atoms with Gasteiger partial charge in [0.05, 0.1) is 27.8 Å². The van der Waals surface area contributed by atoms with E-state index in [2.05, 4.69) is 124 Å². The lowest BCUT2D eigenvalue weighted by atomic mass is 10.2. The quantitative estimate of drug-likeness (QED) is 0.252. The number of fused-ring (bicyclic) bond motifs is 4. The third-order valence-electron chi connectivity index (χ3n) is 6.03. The average Bonchev–Trinajstić information content (AvgIpc) is 3.40. The lowest BCUT2D eigenvalue weighted by Crippen LogP contribution is -2.24. The van der Waals surface area contributed by atoms with Gasteiger partial charge in [-0.25, -0.2) is 0 Å². The first-order chi connectivity index (χ1) is 16.4. The Balaban J connectivity index is 1.53. The first-order valence-corrected chi connectivity index (χ1v) is 13.9. The minimum atomic E-state index is -0.814. The van der Waals surface area contributed by atoms with E-state index in [1.165, 1.54) is 47.3 Å². The summed E-state index contributed by atoms with van der Waals surface area (Å²) in [5, 5.41) is 3.41. The number of nitrogens with zero attached hydrogens (tertiary/aromatic N) is 2. The molecule has 33 heavy (non-hydrogen) atoms. The highest BCUT2D eigenvalue weighted by Crippen LogP contribution is 2.66. The van der Waals surface area contributed by atoms with Crippen molar-refractivity contribution in [2.45, 2.75) is 19.6 Å². The third kappa shape index (κ3) is 2.97. The van der Waals surface area contributed by atoms with E-state index >= 15 is 0 Å². The Hall–Kier alpha value is -3.12. The predicted octanol–water partition coefficient (Wildman–Crippen LogP) is 9.17. The number of rotatable bonds is 2. The van der Waals surface area contributed by atoms with Gasteiger partial charge in [-0.1, -0.05) is 60.3 Å². The molecule has 0 radical (unpaired) electrons. The highest BCUT2D eigenvalue weighted by Gasteiger charge is 2.36. The minimum Gasteiger partial charge on any atom is -0.300 e. The Morgan fingerprint density at radius 1 is 0.515 bits per heavy atom. The van der Waals surface area contributed by atoms with Crippen LogP contribution in [0, 0.1) is 0 Å². The molecular formula is C28H20N2S3. The Morgan fingerprint density at radius 3 is 1.58 bits per heavy atom. The van der Waals surface area contributed by atoms with Crippen LogP contribution in [0.1, 0.15) is 0 Å². The van der Waals surface area contributed by atoms with Crippen molar-refractivity contribution in [3.63, 3.8) is 0 Å². The predicted molar refractivity (Wildman–Crippen MR) is 144 cm³/mol. The molecule has 0 spiro atoms. The number of thiol groups is 1. The van der Waals surface area contributed by atoms with Crippen molar-refractivity contribution in [2.75, 3.05) is 9.21 Å². The van der Waals surface area contributed by atoms with Gasteiger partial charge in [-0.05, 0) is 66.0 Å². The van der Waals surface area contributed by atoms with Crippen LogP contribution in [-0.2, 0) is 0 Å². The second kappa shape index (κ2) is 7.73. The van der Waals surface area contributed by atoms with Crippen LogP contribution < -0.4 is 9.21 Å². The number of hydrogen-bond donors (Lipinski definition) is 1. The normalized spacial score (nSPS) is 14.8. The van der Waals surface area contributed by atoms with Gasteiger partial charge in [0.15, 0.2) is 0 Å². The highest BCUT2D eigenvalue weighted by molar-refractivity contribution is 8.19. The molecule has 0 fully saturated rings. The smallest absolute Gasteiger partial charge is 0.1000 e. The van der Waals surface area contributed by atoms with E-state index < -0.39 is 11.1 Å². The second-order valence-electron chi connectivity index (χ2n) is 7.93. The number of benzene rings is 4. The third-order valence-corrected chi connectivity index (χ3v) is 10.5. The van der Waals surface area contributed by atoms with Crippen molar-refractivity contribution < 1.29 is 0 Å². The Bertz CT molecular complexity index is 1390. The zero-order valence-electron chi connectivity index (χ0n) is 17.6. The van der Waals surface area contributed by atoms with E-state index in [0.29, 0.717) is 0 Å². The number of hydrogen-bond acceptors (Lipinski definition) is 4. The molecule has 2 nitrogen and oxygen atoms in total. The van der Waals surface area contributed by atoms with Gasteiger partial charge in [-0.2, -0.15) is 0 Å². The molecule has 4 aromatic carbocycles. The number of para-hydroxylation sites is 4. The average molecular weight is 481 g/mol. The van der Waals surface area contributed by atoms with Gasteiger partial charge in [-0.3, -0.25) is 9.21 Å². The van der Waals surface area contributed by atoms with Gasteiger partial charge in [0.1, 0.15) is 0 Å². The van der Waals surface area contributed by atoms with Crippen molar-refractivity contribution >= 4 is 61.9 Å². The fourth-order valence-corrected chi connectivity index (χ4v) is 9.33. The molecule has 7 rings (SSSR count). The van der Waals surface area contributed by atoms with E-state index in [1.54, 1.807) is 11.3 Å². The van der Waals surface area contributed by atoms with Crippen molar-refractivity contribution in [3.8, 4) is 0 Å². The Labute approximate surface area is 204 Å². The molecule has 0 saturated carbocycles. The zero-order valence-corrected chi connectivity index (χ0v) is 20.2. The molecule has 0 atom stereocenters. The van der Waals surface area contributed by atoms with Crippen molar-refractivity contribution in [1.29, 1.82) is 0 Å². The summed E-state index contributed by atoms with van der Waals surface area (Å²) in [5.41, 5.74) is 5.14. The summed E-state index contributed by atoms with van der Waals surface area (Å²) in [4.78, 5) is 7.83. The van der Waals surface area contributed by atoms with E-state index in [1.807, 2.05) is 11.8 Å². The van der Waals surface area contributed by atoms with Gasteiger partial charge in [0, 0.05) is 19.6 Å². The molecule has 2 aliphatic rings. The molecule has 0 unspecified atom stereocenters. The summed E-state index contributed by atoms with van der Waals surface area (Å²) >= 11 is 2.84. The molecule has 0 amide bonds. The summed E-state index contributed by atoms with van der Waals surface area (Å²) in [6.45, 7) is 0. The minimum absolute atomic E-state index is 0.814. The maximum absolute atomic E-state index is 2.61. The molecule has 0 saturated heterocycles. The largest absolute Gasteiger partial charge is 0.300 e. The summed E-state index contributed by atoms with van der Waals surface area (Å²) in [6, 6.07) is 39.9. The number of thiophene rings is 1. The Kier molecular flexibility index (Phi) is 4.54. The van der Waals surface area contributed by atoms with E-state index in [9.17, 15) is 0 Å². The molecule has 5 heteroatoms. The van der Waals surface area contributed by atoms with Crippen LogP contribution in [-0.4, -0.2) is 0 Å². The monoisotopic (exact) mass is 480 g/mol. The molecule has 5 aromatic rings. The maximum Gasteiger partial charge on any atom is 0.1000 e. The molecule has 3 heterocycles. The van der Waals surface area contributed by atoms with Gasteiger partial charge in [-0.15, -0.1) is 22.4 Å². The molecule has 0 N–H and O–H groups in total. The standard InChI is InChI=1S/C28H20N2S3/c1-5-14-24-20(10-1)30(21-11-2-6-15-25(21)32-24)33-26-16-7-3-12-22(26)29(28-18-9-19-31-28)23-13-4-8-17-27(23)33/h1-19,33H. The van der Waals surface area contributed by atoms with Crippen LogP contribution in [0.5, 0.6) is 0 Å². The molecule has 0 aliphatic carbocycles. The fourth-order valence-electron chi connectivity index (χ4n) is 4.67. The van der Waals surface area contributed by atoms with Gasteiger partial charge in [0.25, 0.3) is 0 Å². The maximum atomic E-state index is 2.61. The lowest BCUT2D eigenvalue weighted by molar-refractivity contribution is 1.15. The van der Waals surface area contributed by atoms with Crippen LogP contribution in [0.4, 0.5) is 27.8 Å². The van der Waals surface area contributed by atoms with Crippen LogP contribution in [0.25, 0.3) is 0 Å². The van der Waals surface area contributed by atoms with Crippen molar-refractivity contribution in [2.24, 2.45) is 0 Å². The topological polar surface area (TPSA) is 6.48 Å². The number of anilines is 5. The van der Waals surface area contributed by atoms with Crippen molar-refractivity contribution in [3.05, 3.63) is 115 Å². The van der Waals surface area contributed by atoms with Crippen LogP contribution in [0.15, 0.2) is 134 Å². The van der Waals surface area contributed by atoms with E-state index in [4.69, 9.17) is 0 Å². The van der Waals surface area contributed by atoms with E-state index in [0.717, 1.165) is 0 Å². The van der Waals surface area contributed by atoms with Gasteiger partial charge < -0.3 is 0 Å². The van der Waals surface area contributed by atoms with Crippen molar-refractivity contribution in [1.82, 2.24) is 0 Å². The molecule has 1 aromatic heterocycles. The fraction of sp³-hybridized carbons (Fsp3) is 0.